The fraction of sp³-hybridized carbons (Fsp3) is 0.314. The molecule has 4 heteroatoms. The number of nitrogens with one attached hydrogen (secondary N) is 2. The first kappa shape index (κ1) is 29.9. The highest BCUT2D eigenvalue weighted by Gasteiger charge is 2.22. The molecule has 1 aromatic heterocycles. The van der Waals surface area contributed by atoms with Crippen molar-refractivity contribution in [1.29, 1.82) is 0 Å². The average molecular weight is 524 g/mol. The second-order valence-corrected chi connectivity index (χ2v) is 9.76. The molecule has 5 rings (SSSR count). The molecular weight excluding hydrogens is 478 g/mol. The van der Waals surface area contributed by atoms with Gasteiger partial charge in [-0.25, -0.2) is 0 Å². The number of aromatic nitrogens is 1. The lowest BCUT2D eigenvalue weighted by Gasteiger charge is -2.24. The number of aromatic amines is 1. The SMILES string of the molecule is C=C(C)/C=C/c1ccc(CN(CCc2c[nH]c3ccccc23)CCC2CNc3ccccc32)cc1.CC.CO. The maximum Gasteiger partial charge on any atom is 0.0456 e. The van der Waals surface area contributed by atoms with Gasteiger partial charge in [-0.3, -0.25) is 4.90 Å². The van der Waals surface area contributed by atoms with Crippen LogP contribution in [0.4, 0.5) is 5.69 Å². The molecule has 4 aromatic rings. The second-order valence-electron chi connectivity index (χ2n) is 9.76. The van der Waals surface area contributed by atoms with E-state index in [4.69, 9.17) is 5.11 Å². The lowest BCUT2D eigenvalue weighted by atomic mass is 9.97. The third kappa shape index (κ3) is 8.44. The Hall–Kier alpha value is -3.60. The number of fused-ring (bicyclic) bond motifs is 2. The van der Waals surface area contributed by atoms with Crippen LogP contribution < -0.4 is 5.32 Å². The maximum absolute atomic E-state index is 7.00. The van der Waals surface area contributed by atoms with Gasteiger partial charge in [-0.05, 0) is 60.7 Å². The van der Waals surface area contributed by atoms with Gasteiger partial charge in [0, 0.05) is 55.4 Å². The zero-order valence-corrected chi connectivity index (χ0v) is 24.1. The molecule has 0 radical (unpaired) electrons. The van der Waals surface area contributed by atoms with E-state index in [1.54, 1.807) is 0 Å². The van der Waals surface area contributed by atoms with Gasteiger partial charge in [-0.2, -0.15) is 0 Å². The highest BCUT2D eigenvalue weighted by atomic mass is 16.2. The fourth-order valence-corrected chi connectivity index (χ4v) is 5.07. The van der Waals surface area contributed by atoms with Crippen molar-refractivity contribution in [3.05, 3.63) is 119 Å². The highest BCUT2D eigenvalue weighted by Crippen LogP contribution is 2.33. The van der Waals surface area contributed by atoms with E-state index < -0.39 is 0 Å². The van der Waals surface area contributed by atoms with Crippen molar-refractivity contribution in [2.75, 3.05) is 32.1 Å². The molecule has 0 saturated carbocycles. The molecule has 3 aromatic carbocycles. The Balaban J connectivity index is 0.00000100. The number of anilines is 1. The third-order valence-corrected chi connectivity index (χ3v) is 7.05. The van der Waals surface area contributed by atoms with Gasteiger partial charge in [0.2, 0.25) is 0 Å². The van der Waals surface area contributed by atoms with Crippen LogP contribution >= 0.6 is 0 Å². The molecule has 1 atom stereocenters. The van der Waals surface area contributed by atoms with E-state index in [1.165, 1.54) is 38.8 Å². The predicted molar refractivity (Wildman–Crippen MR) is 169 cm³/mol. The monoisotopic (exact) mass is 523 g/mol. The van der Waals surface area contributed by atoms with E-state index in [1.807, 2.05) is 20.8 Å². The van der Waals surface area contributed by atoms with E-state index in [9.17, 15) is 0 Å². The Morgan fingerprint density at radius 2 is 1.69 bits per heavy atom. The number of allylic oxidation sites excluding steroid dienone is 2. The first-order chi connectivity index (χ1) is 19.2. The number of hydrogen-bond acceptors (Lipinski definition) is 3. The number of benzene rings is 3. The standard InChI is InChI=1S/C32H35N3.C2H6.CH4O/c1-24(2)11-12-25-13-15-26(16-14-25)23-35(19-17-27-21-33-31-9-5-3-7-29(27)31)20-18-28-22-34-32-10-6-4-8-30(28)32;2*1-2/h3-16,21,28,33-34H,1,17-20,22-23H2,2H3;1-2H3;2H,1H3/b12-11+;;. The van der Waals surface area contributed by atoms with Crippen molar-refractivity contribution < 1.29 is 5.11 Å². The van der Waals surface area contributed by atoms with E-state index in [2.05, 4.69) is 113 Å². The number of para-hydroxylation sites is 2. The van der Waals surface area contributed by atoms with Crippen molar-refractivity contribution in [1.82, 2.24) is 9.88 Å². The minimum atomic E-state index is 0.580. The minimum Gasteiger partial charge on any atom is -0.400 e. The normalized spacial score (nSPS) is 13.8. The maximum atomic E-state index is 7.00. The summed E-state index contributed by atoms with van der Waals surface area (Å²) in [5, 5.41) is 11.9. The first-order valence-electron chi connectivity index (χ1n) is 14.1. The van der Waals surface area contributed by atoms with Crippen LogP contribution in [-0.4, -0.2) is 41.7 Å². The van der Waals surface area contributed by atoms with Crippen LogP contribution in [-0.2, 0) is 13.0 Å². The van der Waals surface area contributed by atoms with Gasteiger partial charge in [-0.1, -0.05) is 98.8 Å². The number of aliphatic hydroxyl groups excluding tert-OH is 1. The molecule has 0 amide bonds. The summed E-state index contributed by atoms with van der Waals surface area (Å²) in [5.41, 5.74) is 9.05. The lowest BCUT2D eigenvalue weighted by molar-refractivity contribution is 0.259. The van der Waals surface area contributed by atoms with Crippen LogP contribution in [0.15, 0.2) is 97.2 Å². The molecule has 39 heavy (non-hydrogen) atoms. The smallest absolute Gasteiger partial charge is 0.0456 e. The van der Waals surface area contributed by atoms with Crippen molar-refractivity contribution in [2.24, 2.45) is 0 Å². The third-order valence-electron chi connectivity index (χ3n) is 7.05. The zero-order chi connectivity index (χ0) is 28.0. The Morgan fingerprint density at radius 1 is 0.974 bits per heavy atom. The van der Waals surface area contributed by atoms with Gasteiger partial charge in [0.25, 0.3) is 0 Å². The Kier molecular flexibility index (Phi) is 12.1. The predicted octanol–water partition coefficient (Wildman–Crippen LogP) is 8.04. The molecule has 0 bridgehead atoms. The number of H-pyrrole nitrogens is 1. The van der Waals surface area contributed by atoms with Crippen molar-refractivity contribution in [3.63, 3.8) is 0 Å². The second kappa shape index (κ2) is 15.7. The van der Waals surface area contributed by atoms with Crippen LogP contribution in [0.3, 0.4) is 0 Å². The molecule has 0 aliphatic carbocycles. The molecule has 2 heterocycles. The molecule has 0 saturated heterocycles. The summed E-state index contributed by atoms with van der Waals surface area (Å²) in [5.74, 6) is 0.580. The summed E-state index contributed by atoms with van der Waals surface area (Å²) in [4.78, 5) is 6.06. The van der Waals surface area contributed by atoms with Crippen LogP contribution in [0.2, 0.25) is 0 Å². The molecule has 206 valence electrons. The van der Waals surface area contributed by atoms with E-state index in [0.717, 1.165) is 51.7 Å². The fourth-order valence-electron chi connectivity index (χ4n) is 5.07. The van der Waals surface area contributed by atoms with Crippen molar-refractivity contribution in [2.45, 2.75) is 46.1 Å². The summed E-state index contributed by atoms with van der Waals surface area (Å²) in [6.07, 6.45) is 8.59. The number of aliphatic hydroxyl groups is 1. The molecule has 4 nitrogen and oxygen atoms in total. The summed E-state index contributed by atoms with van der Waals surface area (Å²) in [6, 6.07) is 26.3. The van der Waals surface area contributed by atoms with E-state index in [0.29, 0.717) is 5.92 Å². The summed E-state index contributed by atoms with van der Waals surface area (Å²) >= 11 is 0. The highest BCUT2D eigenvalue weighted by molar-refractivity contribution is 5.83. The van der Waals surface area contributed by atoms with Crippen LogP contribution in [0.1, 0.15) is 55.4 Å². The molecule has 1 aliphatic rings. The van der Waals surface area contributed by atoms with Crippen molar-refractivity contribution >= 4 is 22.7 Å². The Bertz CT molecular complexity index is 1320. The van der Waals surface area contributed by atoms with Gasteiger partial charge < -0.3 is 15.4 Å². The molecule has 0 spiro atoms. The van der Waals surface area contributed by atoms with Crippen LogP contribution in [0.25, 0.3) is 17.0 Å². The quantitative estimate of drug-likeness (QED) is 0.184. The summed E-state index contributed by atoms with van der Waals surface area (Å²) < 4.78 is 0. The van der Waals surface area contributed by atoms with E-state index >= 15 is 0 Å². The Morgan fingerprint density at radius 3 is 2.46 bits per heavy atom. The van der Waals surface area contributed by atoms with Gasteiger partial charge in [-0.15, -0.1) is 0 Å². The molecular formula is C35H45N3O. The van der Waals surface area contributed by atoms with Crippen LogP contribution in [0, 0.1) is 0 Å². The summed E-state index contributed by atoms with van der Waals surface area (Å²) in [6.45, 7) is 14.1. The van der Waals surface area contributed by atoms with Gasteiger partial charge in [0.15, 0.2) is 0 Å². The van der Waals surface area contributed by atoms with Gasteiger partial charge >= 0.3 is 0 Å². The van der Waals surface area contributed by atoms with Crippen LogP contribution in [0.5, 0.6) is 0 Å². The summed E-state index contributed by atoms with van der Waals surface area (Å²) in [7, 11) is 1.00. The minimum absolute atomic E-state index is 0.580. The Labute approximate surface area is 235 Å². The number of nitrogens with zero attached hydrogens (tertiary/aromatic N) is 1. The molecule has 3 N–H and O–H groups in total. The lowest BCUT2D eigenvalue weighted by Crippen LogP contribution is -2.28. The topological polar surface area (TPSA) is 51.3 Å². The largest absolute Gasteiger partial charge is 0.400 e. The van der Waals surface area contributed by atoms with Gasteiger partial charge in [0.05, 0.1) is 0 Å². The molecule has 1 aliphatic heterocycles. The van der Waals surface area contributed by atoms with Gasteiger partial charge in [0.1, 0.15) is 0 Å². The number of rotatable bonds is 10. The average Bonchev–Trinajstić information content (AvgIpc) is 3.60. The zero-order valence-electron chi connectivity index (χ0n) is 24.1. The molecule has 0 fully saturated rings. The number of hydrogen-bond donors (Lipinski definition) is 3. The first-order valence-corrected chi connectivity index (χ1v) is 14.1. The molecule has 1 unspecified atom stereocenters. The van der Waals surface area contributed by atoms with E-state index in [-0.39, 0.29) is 0 Å². The van der Waals surface area contributed by atoms with Crippen molar-refractivity contribution in [3.8, 4) is 0 Å².